The van der Waals surface area contributed by atoms with Crippen LogP contribution < -0.4 is 10.1 Å². The Balaban J connectivity index is 1.75. The summed E-state index contributed by atoms with van der Waals surface area (Å²) in [6.45, 7) is 2.68. The number of ether oxygens (including phenoxy) is 1. The molecule has 2 amide bonds. The normalized spacial score (nSPS) is 14.6. The summed E-state index contributed by atoms with van der Waals surface area (Å²) in [5, 5.41) is 3.48. The summed E-state index contributed by atoms with van der Waals surface area (Å²) in [5.41, 5.74) is 0.0136. The van der Waals surface area contributed by atoms with E-state index in [-0.39, 0.29) is 23.4 Å². The molecule has 1 saturated heterocycles. The van der Waals surface area contributed by atoms with Crippen molar-refractivity contribution in [2.45, 2.75) is 30.7 Å². The Labute approximate surface area is 177 Å². The lowest BCUT2D eigenvalue weighted by Crippen LogP contribution is -2.46. The highest BCUT2D eigenvalue weighted by Crippen LogP contribution is 2.32. The summed E-state index contributed by atoms with van der Waals surface area (Å²) < 4.78 is 19.5. The molecule has 1 aromatic heterocycles. The minimum Gasteiger partial charge on any atom is -0.438 e. The van der Waals surface area contributed by atoms with Gasteiger partial charge in [0, 0.05) is 31.0 Å². The number of amides is 2. The van der Waals surface area contributed by atoms with Gasteiger partial charge in [0.1, 0.15) is 17.1 Å². The van der Waals surface area contributed by atoms with Gasteiger partial charge in [-0.15, -0.1) is 11.8 Å². The van der Waals surface area contributed by atoms with E-state index in [1.54, 1.807) is 23.1 Å². The van der Waals surface area contributed by atoms with Gasteiger partial charge in [-0.3, -0.25) is 9.59 Å². The quantitative estimate of drug-likeness (QED) is 0.712. The van der Waals surface area contributed by atoms with Crippen LogP contribution in [0.25, 0.3) is 0 Å². The number of halogens is 2. The van der Waals surface area contributed by atoms with Gasteiger partial charge in [-0.1, -0.05) is 11.6 Å². The van der Waals surface area contributed by atoms with Crippen molar-refractivity contribution in [2.75, 3.05) is 19.3 Å². The van der Waals surface area contributed by atoms with Crippen molar-refractivity contribution >= 4 is 35.2 Å². The molecule has 9 heteroatoms. The van der Waals surface area contributed by atoms with Crippen molar-refractivity contribution in [1.82, 2.24) is 15.2 Å². The standard InChI is InChI=1S/C20H21ClFN3O3S/c1-12(26)25-7-5-14(6-8-25)24-19(27)16-9-13(22)11-23-20(16)28-15-3-4-17(21)18(10-15)29-2/h3-4,9-11,14H,5-8H2,1-2H3,(H,24,27). The Kier molecular flexibility index (Phi) is 6.97. The van der Waals surface area contributed by atoms with Crippen LogP contribution in [0.4, 0.5) is 4.39 Å². The minimum atomic E-state index is -0.630. The maximum absolute atomic E-state index is 13.8. The third-order valence-corrected chi connectivity index (χ3v) is 5.89. The van der Waals surface area contributed by atoms with Gasteiger partial charge in [0.05, 0.1) is 11.2 Å². The number of likely N-dealkylation sites (tertiary alicyclic amines) is 1. The number of aromatic nitrogens is 1. The number of piperidine rings is 1. The molecule has 0 bridgehead atoms. The second kappa shape index (κ2) is 9.45. The monoisotopic (exact) mass is 437 g/mol. The Hall–Kier alpha value is -2.32. The van der Waals surface area contributed by atoms with Crippen molar-refractivity contribution < 1.29 is 18.7 Å². The molecule has 0 unspecified atom stereocenters. The molecule has 1 aliphatic heterocycles. The number of benzene rings is 1. The molecule has 0 spiro atoms. The van der Waals surface area contributed by atoms with Crippen molar-refractivity contribution in [2.24, 2.45) is 0 Å². The van der Waals surface area contributed by atoms with E-state index in [4.69, 9.17) is 16.3 Å². The molecule has 2 heterocycles. The summed E-state index contributed by atoms with van der Waals surface area (Å²) in [6, 6.07) is 6.08. The number of hydrogen-bond acceptors (Lipinski definition) is 5. The zero-order valence-corrected chi connectivity index (χ0v) is 17.6. The van der Waals surface area contributed by atoms with Crippen LogP contribution >= 0.6 is 23.4 Å². The highest BCUT2D eigenvalue weighted by molar-refractivity contribution is 7.98. The van der Waals surface area contributed by atoms with Crippen LogP contribution in [0, 0.1) is 5.82 Å². The van der Waals surface area contributed by atoms with Crippen LogP contribution in [0.15, 0.2) is 35.4 Å². The summed E-state index contributed by atoms with van der Waals surface area (Å²) in [5.74, 6) is -0.615. The molecule has 3 rings (SSSR count). The number of nitrogens with one attached hydrogen (secondary N) is 1. The fraction of sp³-hybridized carbons (Fsp3) is 0.350. The van der Waals surface area contributed by atoms with Crippen LogP contribution in [-0.2, 0) is 4.79 Å². The molecular weight excluding hydrogens is 417 g/mol. The summed E-state index contributed by atoms with van der Waals surface area (Å²) in [6.07, 6.45) is 4.16. The lowest BCUT2D eigenvalue weighted by atomic mass is 10.0. The number of thioether (sulfide) groups is 1. The van der Waals surface area contributed by atoms with Gasteiger partial charge >= 0.3 is 0 Å². The molecule has 1 fully saturated rings. The van der Waals surface area contributed by atoms with Gasteiger partial charge in [0.15, 0.2) is 0 Å². The number of nitrogens with zero attached hydrogens (tertiary/aromatic N) is 2. The van der Waals surface area contributed by atoms with E-state index in [2.05, 4.69) is 10.3 Å². The van der Waals surface area contributed by atoms with Crippen LogP contribution in [0.1, 0.15) is 30.1 Å². The smallest absolute Gasteiger partial charge is 0.257 e. The molecule has 154 valence electrons. The highest BCUT2D eigenvalue weighted by atomic mass is 35.5. The van der Waals surface area contributed by atoms with Crippen molar-refractivity contribution in [3.63, 3.8) is 0 Å². The van der Waals surface area contributed by atoms with Gasteiger partial charge in [-0.25, -0.2) is 9.37 Å². The average Bonchev–Trinajstić information content (AvgIpc) is 2.71. The van der Waals surface area contributed by atoms with Crippen molar-refractivity contribution in [3.05, 3.63) is 46.9 Å². The number of carbonyl (C=O) groups is 2. The Morgan fingerprint density at radius 3 is 2.69 bits per heavy atom. The maximum Gasteiger partial charge on any atom is 0.257 e. The Morgan fingerprint density at radius 2 is 2.03 bits per heavy atom. The van der Waals surface area contributed by atoms with E-state index in [0.29, 0.717) is 36.7 Å². The van der Waals surface area contributed by atoms with Crippen LogP contribution in [-0.4, -0.2) is 47.1 Å². The van der Waals surface area contributed by atoms with Crippen LogP contribution in [0.5, 0.6) is 11.6 Å². The molecule has 2 aromatic rings. The minimum absolute atomic E-state index is 0.0134. The van der Waals surface area contributed by atoms with Gasteiger partial charge in [-0.2, -0.15) is 0 Å². The Bertz CT molecular complexity index is 920. The van der Waals surface area contributed by atoms with Gasteiger partial charge < -0.3 is 15.0 Å². The first-order valence-electron chi connectivity index (χ1n) is 9.10. The third kappa shape index (κ3) is 5.39. The lowest BCUT2D eigenvalue weighted by Gasteiger charge is -2.31. The number of hydrogen-bond donors (Lipinski definition) is 1. The van der Waals surface area contributed by atoms with Gasteiger partial charge in [-0.05, 0) is 43.4 Å². The molecule has 1 aliphatic rings. The van der Waals surface area contributed by atoms with E-state index in [1.807, 2.05) is 6.26 Å². The summed E-state index contributed by atoms with van der Waals surface area (Å²) in [7, 11) is 0. The Morgan fingerprint density at radius 1 is 1.31 bits per heavy atom. The van der Waals surface area contributed by atoms with Crippen LogP contribution in [0.2, 0.25) is 5.02 Å². The third-order valence-electron chi connectivity index (χ3n) is 4.68. The molecule has 1 N–H and O–H groups in total. The summed E-state index contributed by atoms with van der Waals surface area (Å²) >= 11 is 7.57. The second-order valence-electron chi connectivity index (χ2n) is 6.66. The number of carbonyl (C=O) groups excluding carboxylic acids is 2. The predicted octanol–water partition coefficient (Wildman–Crippen LogP) is 4.13. The molecule has 1 aromatic carbocycles. The maximum atomic E-state index is 13.8. The molecule has 0 radical (unpaired) electrons. The fourth-order valence-corrected chi connectivity index (χ4v) is 3.93. The number of pyridine rings is 1. The lowest BCUT2D eigenvalue weighted by molar-refractivity contribution is -0.129. The molecule has 0 saturated carbocycles. The molecular formula is C20H21ClFN3O3S. The molecule has 0 atom stereocenters. The van der Waals surface area contributed by atoms with E-state index < -0.39 is 11.7 Å². The SMILES string of the molecule is CSc1cc(Oc2ncc(F)cc2C(=O)NC2CCN(C(C)=O)CC2)ccc1Cl. The average molecular weight is 438 g/mol. The largest absolute Gasteiger partial charge is 0.438 e. The van der Waals surface area contributed by atoms with Crippen molar-refractivity contribution in [1.29, 1.82) is 0 Å². The first-order chi connectivity index (χ1) is 13.9. The molecule has 6 nitrogen and oxygen atoms in total. The zero-order valence-electron chi connectivity index (χ0n) is 16.1. The van der Waals surface area contributed by atoms with E-state index in [0.717, 1.165) is 17.2 Å². The van der Waals surface area contributed by atoms with Gasteiger partial charge in [0.25, 0.3) is 5.91 Å². The molecule has 0 aliphatic carbocycles. The summed E-state index contributed by atoms with van der Waals surface area (Å²) in [4.78, 5) is 30.7. The zero-order chi connectivity index (χ0) is 21.0. The molecule has 29 heavy (non-hydrogen) atoms. The van der Waals surface area contributed by atoms with E-state index in [9.17, 15) is 14.0 Å². The highest BCUT2D eigenvalue weighted by Gasteiger charge is 2.24. The van der Waals surface area contributed by atoms with E-state index in [1.165, 1.54) is 18.7 Å². The first-order valence-corrected chi connectivity index (χ1v) is 10.7. The van der Waals surface area contributed by atoms with Crippen molar-refractivity contribution in [3.8, 4) is 11.6 Å². The second-order valence-corrected chi connectivity index (χ2v) is 7.91. The number of rotatable bonds is 5. The first kappa shape index (κ1) is 21.4. The topological polar surface area (TPSA) is 71.5 Å². The van der Waals surface area contributed by atoms with Crippen LogP contribution in [0.3, 0.4) is 0 Å². The fourth-order valence-electron chi connectivity index (χ4n) is 3.09. The van der Waals surface area contributed by atoms with E-state index >= 15 is 0 Å². The van der Waals surface area contributed by atoms with Gasteiger partial charge in [0.2, 0.25) is 11.8 Å². The predicted molar refractivity (Wildman–Crippen MR) is 110 cm³/mol.